The molecule has 2 N–H and O–H groups in total. The largest absolute Gasteiger partial charge is 0.379 e. The number of H-pyrrole nitrogens is 1. The van der Waals surface area contributed by atoms with E-state index >= 15 is 0 Å². The highest BCUT2D eigenvalue weighted by molar-refractivity contribution is 7.80. The number of fused-ring (bicyclic) bond motifs is 1. The fourth-order valence-electron chi connectivity index (χ4n) is 4.10. The van der Waals surface area contributed by atoms with Crippen molar-refractivity contribution in [3.05, 3.63) is 45.2 Å². The number of thiocarbonyl (C=S) groups is 1. The number of pyridine rings is 1. The fourth-order valence-corrected chi connectivity index (χ4v) is 4.36. The number of rotatable bonds is 9. The van der Waals surface area contributed by atoms with Crippen molar-refractivity contribution in [3.63, 3.8) is 0 Å². The van der Waals surface area contributed by atoms with Gasteiger partial charge in [-0.1, -0.05) is 25.0 Å². The van der Waals surface area contributed by atoms with Crippen LogP contribution < -0.4 is 10.9 Å². The van der Waals surface area contributed by atoms with Gasteiger partial charge in [0.15, 0.2) is 5.11 Å². The Bertz CT molecular complexity index is 937. The Kier molecular flexibility index (Phi) is 8.87. The number of hydrogen-bond acceptors (Lipinski definition) is 4. The normalized spacial score (nSPS) is 14.7. The Morgan fingerprint density at radius 2 is 2.00 bits per heavy atom. The maximum absolute atomic E-state index is 12.8. The second kappa shape index (κ2) is 11.6. The van der Waals surface area contributed by atoms with E-state index in [1.54, 1.807) is 0 Å². The molecule has 0 spiro atoms. The quantitative estimate of drug-likeness (QED) is 0.457. The van der Waals surface area contributed by atoms with Crippen molar-refractivity contribution in [2.75, 3.05) is 45.9 Å². The number of aromatic nitrogens is 1. The molecule has 1 aromatic heterocycles. The summed E-state index contributed by atoms with van der Waals surface area (Å²) in [5.41, 5.74) is 3.93. The van der Waals surface area contributed by atoms with Crippen LogP contribution in [-0.4, -0.2) is 65.8 Å². The third-order valence-corrected chi connectivity index (χ3v) is 6.23. The first-order chi connectivity index (χ1) is 15.0. The van der Waals surface area contributed by atoms with Gasteiger partial charge in [0.1, 0.15) is 0 Å². The number of hydrogen-bond donors (Lipinski definition) is 2. The molecular formula is C24H36N4O2S. The van der Waals surface area contributed by atoms with Crippen molar-refractivity contribution >= 4 is 28.2 Å². The summed E-state index contributed by atoms with van der Waals surface area (Å²) in [5.74, 6) is 0. The van der Waals surface area contributed by atoms with E-state index in [1.807, 2.05) is 13.0 Å². The topological polar surface area (TPSA) is 60.6 Å². The number of ether oxygens (including phenoxy) is 1. The second-order valence-corrected chi connectivity index (χ2v) is 8.87. The molecule has 0 saturated carbocycles. The van der Waals surface area contributed by atoms with Crippen molar-refractivity contribution in [1.82, 2.24) is 20.1 Å². The Hall–Kier alpha value is -1.96. The third-order valence-electron chi connectivity index (χ3n) is 5.83. The highest BCUT2D eigenvalue weighted by Gasteiger charge is 2.15. The highest BCUT2D eigenvalue weighted by atomic mass is 32.1. The van der Waals surface area contributed by atoms with E-state index in [0.29, 0.717) is 6.54 Å². The molecule has 3 rings (SSSR count). The molecule has 1 aliphatic heterocycles. The summed E-state index contributed by atoms with van der Waals surface area (Å²) < 4.78 is 5.44. The maximum Gasteiger partial charge on any atom is 0.253 e. The zero-order valence-electron chi connectivity index (χ0n) is 19.1. The Balaban J connectivity index is 1.73. The monoisotopic (exact) mass is 444 g/mol. The van der Waals surface area contributed by atoms with Gasteiger partial charge in [-0.15, -0.1) is 0 Å². The minimum absolute atomic E-state index is 0.0333. The minimum Gasteiger partial charge on any atom is -0.379 e. The van der Waals surface area contributed by atoms with Gasteiger partial charge in [0.05, 0.1) is 25.3 Å². The van der Waals surface area contributed by atoms with Gasteiger partial charge in [-0.2, -0.15) is 0 Å². The molecule has 0 aliphatic carbocycles. The predicted octanol–water partition coefficient (Wildman–Crippen LogP) is 3.34. The van der Waals surface area contributed by atoms with Crippen LogP contribution in [0.4, 0.5) is 0 Å². The van der Waals surface area contributed by atoms with E-state index in [1.165, 1.54) is 5.56 Å². The van der Waals surface area contributed by atoms with E-state index < -0.39 is 0 Å². The average molecular weight is 445 g/mol. The molecule has 1 aromatic carbocycles. The number of unbranched alkanes of at least 4 members (excludes halogenated alkanes) is 1. The number of morpholine rings is 1. The van der Waals surface area contributed by atoms with Gasteiger partial charge in [-0.05, 0) is 62.0 Å². The molecule has 1 saturated heterocycles. The van der Waals surface area contributed by atoms with Gasteiger partial charge in [0.25, 0.3) is 5.56 Å². The molecule has 1 aliphatic rings. The molecule has 0 atom stereocenters. The van der Waals surface area contributed by atoms with Gasteiger partial charge < -0.3 is 19.9 Å². The van der Waals surface area contributed by atoms with Crippen LogP contribution in [0, 0.1) is 13.8 Å². The molecule has 170 valence electrons. The Labute approximate surface area is 191 Å². The predicted molar refractivity (Wildman–Crippen MR) is 132 cm³/mol. The Morgan fingerprint density at radius 1 is 1.23 bits per heavy atom. The molecule has 1 fully saturated rings. The summed E-state index contributed by atoms with van der Waals surface area (Å²) in [4.78, 5) is 20.5. The zero-order valence-corrected chi connectivity index (χ0v) is 19.9. The van der Waals surface area contributed by atoms with E-state index in [9.17, 15) is 4.79 Å². The molecule has 0 amide bonds. The van der Waals surface area contributed by atoms with Gasteiger partial charge in [0.2, 0.25) is 0 Å². The lowest BCUT2D eigenvalue weighted by molar-refractivity contribution is 0.0367. The van der Waals surface area contributed by atoms with Crippen molar-refractivity contribution in [2.24, 2.45) is 0 Å². The summed E-state index contributed by atoms with van der Waals surface area (Å²) in [7, 11) is 0. The summed E-state index contributed by atoms with van der Waals surface area (Å²) in [5, 5.41) is 5.18. The zero-order chi connectivity index (χ0) is 22.2. The van der Waals surface area contributed by atoms with Crippen LogP contribution in [0.1, 0.15) is 42.9 Å². The number of nitrogens with zero attached hydrogens (tertiary/aromatic N) is 2. The molecule has 0 radical (unpaired) electrons. The van der Waals surface area contributed by atoms with Crippen LogP contribution in [0.3, 0.4) is 0 Å². The molecule has 31 heavy (non-hydrogen) atoms. The molecule has 2 heterocycles. The van der Waals surface area contributed by atoms with E-state index in [-0.39, 0.29) is 5.56 Å². The minimum atomic E-state index is -0.0333. The lowest BCUT2D eigenvalue weighted by Crippen LogP contribution is -2.43. The summed E-state index contributed by atoms with van der Waals surface area (Å²) in [6, 6.07) is 6.25. The van der Waals surface area contributed by atoms with Crippen LogP contribution >= 0.6 is 12.2 Å². The summed E-state index contributed by atoms with van der Waals surface area (Å²) in [6.45, 7) is 13.1. The highest BCUT2D eigenvalue weighted by Crippen LogP contribution is 2.18. The van der Waals surface area contributed by atoms with E-state index in [4.69, 9.17) is 17.0 Å². The van der Waals surface area contributed by atoms with Crippen LogP contribution in [0.15, 0.2) is 23.0 Å². The maximum atomic E-state index is 12.8. The van der Waals surface area contributed by atoms with Crippen LogP contribution in [0.5, 0.6) is 0 Å². The van der Waals surface area contributed by atoms with Gasteiger partial charge in [0, 0.05) is 38.3 Å². The Morgan fingerprint density at radius 3 is 2.74 bits per heavy atom. The first kappa shape index (κ1) is 23.7. The number of benzene rings is 1. The van der Waals surface area contributed by atoms with Crippen molar-refractivity contribution in [1.29, 1.82) is 0 Å². The average Bonchev–Trinajstić information content (AvgIpc) is 2.75. The van der Waals surface area contributed by atoms with Crippen LogP contribution in [0.25, 0.3) is 10.9 Å². The second-order valence-electron chi connectivity index (χ2n) is 8.48. The standard InChI is InChI=1S/C24H36N4O2S/c1-4-5-7-25-24(31)28(9-6-8-27-10-12-30-13-11-27)17-21-16-20-15-18(2)14-19(3)22(20)26-23(21)29/h14-16H,4-13,17H2,1-3H3,(H,25,31)(H,26,29). The summed E-state index contributed by atoms with van der Waals surface area (Å²) >= 11 is 5.71. The number of nitrogens with one attached hydrogen (secondary N) is 2. The van der Waals surface area contributed by atoms with Crippen molar-refractivity contribution < 1.29 is 4.74 Å². The smallest absolute Gasteiger partial charge is 0.253 e. The lowest BCUT2D eigenvalue weighted by Gasteiger charge is -2.29. The first-order valence-electron chi connectivity index (χ1n) is 11.4. The SMILES string of the molecule is CCCCNC(=S)N(CCCN1CCOCC1)Cc1cc2cc(C)cc(C)c2[nH]c1=O. The van der Waals surface area contributed by atoms with Crippen LogP contribution in [0.2, 0.25) is 0 Å². The lowest BCUT2D eigenvalue weighted by atomic mass is 10.1. The van der Waals surface area contributed by atoms with Crippen molar-refractivity contribution in [3.8, 4) is 0 Å². The summed E-state index contributed by atoms with van der Waals surface area (Å²) in [6.07, 6.45) is 3.20. The van der Waals surface area contributed by atoms with Gasteiger partial charge in [-0.25, -0.2) is 0 Å². The molecule has 7 heteroatoms. The molecular weight excluding hydrogens is 408 g/mol. The molecule has 0 bridgehead atoms. The number of aromatic amines is 1. The molecule has 6 nitrogen and oxygen atoms in total. The van der Waals surface area contributed by atoms with E-state index in [2.05, 4.69) is 46.1 Å². The van der Waals surface area contributed by atoms with Crippen LogP contribution in [-0.2, 0) is 11.3 Å². The number of aryl methyl sites for hydroxylation is 2. The van der Waals surface area contributed by atoms with Crippen molar-refractivity contribution in [2.45, 2.75) is 46.6 Å². The van der Waals surface area contributed by atoms with Gasteiger partial charge in [-0.3, -0.25) is 9.69 Å². The van der Waals surface area contributed by atoms with E-state index in [0.717, 1.165) is 92.3 Å². The fraction of sp³-hybridized carbons (Fsp3) is 0.583. The van der Waals surface area contributed by atoms with Gasteiger partial charge >= 0.3 is 0 Å². The third kappa shape index (κ3) is 6.76. The molecule has 2 aromatic rings. The molecule has 0 unspecified atom stereocenters. The first-order valence-corrected chi connectivity index (χ1v) is 11.8.